The predicted molar refractivity (Wildman–Crippen MR) is 97.6 cm³/mol. The highest BCUT2D eigenvalue weighted by atomic mass is 16.5. The monoisotopic (exact) mass is 347 g/mol. The molecule has 0 aromatic heterocycles. The zero-order valence-corrected chi connectivity index (χ0v) is 15.4. The van der Waals surface area contributed by atoms with E-state index in [-0.39, 0.29) is 29.6 Å². The summed E-state index contributed by atoms with van der Waals surface area (Å²) in [6.07, 6.45) is 0.366. The molecule has 2 aliphatic heterocycles. The Balaban J connectivity index is 0.00000109. The van der Waals surface area contributed by atoms with Crippen molar-refractivity contribution >= 4 is 17.3 Å². The largest absolute Gasteiger partial charge is 0.494 e. The Morgan fingerprint density at radius 1 is 1.28 bits per heavy atom. The number of methoxy groups -OCH3 is 2. The van der Waals surface area contributed by atoms with Crippen LogP contribution in [0.25, 0.3) is 0 Å². The van der Waals surface area contributed by atoms with E-state index in [1.54, 1.807) is 24.1 Å². The smallest absolute Gasteiger partial charge is 0.256 e. The third-order valence-corrected chi connectivity index (χ3v) is 4.51. The molecule has 1 amide bonds. The lowest BCUT2D eigenvalue weighted by Crippen LogP contribution is -2.48. The van der Waals surface area contributed by atoms with E-state index < -0.39 is 0 Å². The van der Waals surface area contributed by atoms with Crippen LogP contribution < -0.4 is 9.64 Å². The molecule has 0 spiro atoms. The van der Waals surface area contributed by atoms with Crippen molar-refractivity contribution in [2.75, 3.05) is 32.7 Å². The third-order valence-electron chi connectivity index (χ3n) is 4.51. The molecule has 1 fully saturated rings. The zero-order chi connectivity index (χ0) is 18.7. The van der Waals surface area contributed by atoms with Crippen LogP contribution in [0, 0.1) is 4.91 Å². The van der Waals surface area contributed by atoms with E-state index in [0.29, 0.717) is 24.2 Å². The molecule has 1 aromatic carbocycles. The average Bonchev–Trinajstić information content (AvgIpc) is 3.00. The third kappa shape index (κ3) is 3.11. The number of rotatable bonds is 3. The van der Waals surface area contributed by atoms with Crippen molar-refractivity contribution in [1.29, 1.82) is 0 Å². The van der Waals surface area contributed by atoms with Gasteiger partial charge in [0.1, 0.15) is 5.75 Å². The van der Waals surface area contributed by atoms with Crippen molar-refractivity contribution < 1.29 is 14.3 Å². The lowest BCUT2D eigenvalue weighted by Gasteiger charge is -2.33. The maximum absolute atomic E-state index is 13.0. The molecule has 2 atom stereocenters. The molecule has 2 heterocycles. The molecular weight excluding hydrogens is 322 g/mol. The van der Waals surface area contributed by atoms with Crippen LogP contribution >= 0.6 is 0 Å². The van der Waals surface area contributed by atoms with E-state index >= 15 is 0 Å². The van der Waals surface area contributed by atoms with Crippen LogP contribution in [0.2, 0.25) is 0 Å². The number of anilines is 1. The summed E-state index contributed by atoms with van der Waals surface area (Å²) < 4.78 is 10.8. The van der Waals surface area contributed by atoms with Gasteiger partial charge in [0.2, 0.25) is 0 Å². The Labute approximate surface area is 148 Å². The number of nitroso groups, excluding NO2 is 1. The maximum atomic E-state index is 13.0. The summed E-state index contributed by atoms with van der Waals surface area (Å²) in [5, 5.41) is 2.99. The van der Waals surface area contributed by atoms with Gasteiger partial charge in [-0.15, -0.1) is 4.91 Å². The molecule has 3 rings (SSSR count). The van der Waals surface area contributed by atoms with Crippen molar-refractivity contribution in [3.63, 3.8) is 0 Å². The van der Waals surface area contributed by atoms with Crippen LogP contribution in [0.4, 0.5) is 11.4 Å². The number of nitrogens with zero attached hydrogens (tertiary/aromatic N) is 3. The molecule has 25 heavy (non-hydrogen) atoms. The minimum Gasteiger partial charge on any atom is -0.494 e. The highest BCUT2D eigenvalue weighted by Gasteiger charge is 2.43. The molecule has 0 N–H and O–H groups in total. The van der Waals surface area contributed by atoms with Gasteiger partial charge in [0.15, 0.2) is 11.9 Å². The van der Waals surface area contributed by atoms with Gasteiger partial charge in [0.05, 0.1) is 24.4 Å². The quantitative estimate of drug-likeness (QED) is 0.620. The summed E-state index contributed by atoms with van der Waals surface area (Å²) in [5.74, 6) is 0.164. The van der Waals surface area contributed by atoms with Crippen molar-refractivity contribution in [1.82, 2.24) is 4.90 Å². The number of hydrogen-bond acceptors (Lipinski definition) is 6. The Hall–Kier alpha value is -2.41. The molecule has 0 radical (unpaired) electrons. The topological polar surface area (TPSA) is 71.4 Å². The van der Waals surface area contributed by atoms with Gasteiger partial charge in [-0.05, 0) is 23.7 Å². The van der Waals surface area contributed by atoms with Gasteiger partial charge in [-0.1, -0.05) is 26.0 Å². The van der Waals surface area contributed by atoms with Crippen LogP contribution in [0.15, 0.2) is 29.5 Å². The minimum absolute atomic E-state index is 0.115. The predicted octanol–water partition coefficient (Wildman–Crippen LogP) is 3.31. The molecule has 0 aliphatic carbocycles. The van der Waals surface area contributed by atoms with Crippen molar-refractivity contribution in [2.45, 2.75) is 32.5 Å². The number of fused-ring (bicyclic) bond motifs is 2. The standard InChI is InChI=1S/C16H19N3O4.C2H6/c1-9-5-13-16(23-4)18(2)12-7-11(17-21)14(22-3)6-10(12)15(20)19(13)8-9;1-2/h6-7,13,16H,1,5,8H2,2-4H3;1-2H3. The van der Waals surface area contributed by atoms with Gasteiger partial charge in [-0.2, -0.15) is 0 Å². The van der Waals surface area contributed by atoms with E-state index in [0.717, 1.165) is 5.57 Å². The number of benzene rings is 1. The molecule has 0 saturated carbocycles. The second-order valence-corrected chi connectivity index (χ2v) is 5.82. The fraction of sp³-hybridized carbons (Fsp3) is 0.500. The molecule has 2 unspecified atom stereocenters. The first-order valence-corrected chi connectivity index (χ1v) is 8.30. The summed E-state index contributed by atoms with van der Waals surface area (Å²) in [5.41, 5.74) is 2.24. The molecule has 2 aliphatic rings. The highest BCUT2D eigenvalue weighted by Crippen LogP contribution is 2.41. The Morgan fingerprint density at radius 2 is 1.96 bits per heavy atom. The number of ether oxygens (including phenoxy) is 2. The normalized spacial score (nSPS) is 21.8. The summed E-state index contributed by atoms with van der Waals surface area (Å²) in [4.78, 5) is 27.7. The molecular formula is C18H25N3O4. The first-order valence-electron chi connectivity index (χ1n) is 8.30. The van der Waals surface area contributed by atoms with Crippen molar-refractivity contribution in [2.24, 2.45) is 5.18 Å². The second-order valence-electron chi connectivity index (χ2n) is 5.82. The summed E-state index contributed by atoms with van der Waals surface area (Å²) in [6, 6.07) is 3.03. The number of hydrogen-bond donors (Lipinski definition) is 0. The molecule has 1 saturated heterocycles. The summed E-state index contributed by atoms with van der Waals surface area (Å²) in [7, 11) is 4.89. The van der Waals surface area contributed by atoms with Crippen LogP contribution in [-0.4, -0.2) is 50.9 Å². The van der Waals surface area contributed by atoms with Crippen LogP contribution in [0.1, 0.15) is 30.6 Å². The van der Waals surface area contributed by atoms with Gasteiger partial charge in [-0.3, -0.25) is 4.79 Å². The molecule has 7 heteroatoms. The first-order chi connectivity index (χ1) is 12.0. The molecule has 136 valence electrons. The average molecular weight is 347 g/mol. The van der Waals surface area contributed by atoms with Crippen molar-refractivity contribution in [3.8, 4) is 5.75 Å². The van der Waals surface area contributed by atoms with Gasteiger partial charge < -0.3 is 19.3 Å². The Bertz CT molecular complexity index is 689. The molecule has 1 aromatic rings. The molecule has 7 nitrogen and oxygen atoms in total. The fourth-order valence-corrected chi connectivity index (χ4v) is 3.43. The Morgan fingerprint density at radius 3 is 2.52 bits per heavy atom. The van der Waals surface area contributed by atoms with Gasteiger partial charge in [0.25, 0.3) is 5.91 Å². The Kier molecular flexibility index (Phi) is 5.79. The van der Waals surface area contributed by atoms with Crippen LogP contribution in [0.3, 0.4) is 0 Å². The van der Waals surface area contributed by atoms with Gasteiger partial charge in [-0.25, -0.2) is 0 Å². The van der Waals surface area contributed by atoms with E-state index in [1.807, 2.05) is 25.8 Å². The molecule has 0 bridgehead atoms. The van der Waals surface area contributed by atoms with Gasteiger partial charge in [0, 0.05) is 20.7 Å². The number of amides is 1. The number of carbonyl (C=O) groups is 1. The fourth-order valence-electron chi connectivity index (χ4n) is 3.43. The maximum Gasteiger partial charge on any atom is 0.256 e. The van der Waals surface area contributed by atoms with E-state index in [2.05, 4.69) is 11.8 Å². The summed E-state index contributed by atoms with van der Waals surface area (Å²) >= 11 is 0. The highest BCUT2D eigenvalue weighted by molar-refractivity contribution is 6.02. The lowest BCUT2D eigenvalue weighted by molar-refractivity contribution is 0.0312. The van der Waals surface area contributed by atoms with E-state index in [9.17, 15) is 9.70 Å². The number of carbonyl (C=O) groups excluding carboxylic acids is 1. The minimum atomic E-state index is -0.327. The van der Waals surface area contributed by atoms with Gasteiger partial charge >= 0.3 is 0 Å². The van der Waals surface area contributed by atoms with Crippen molar-refractivity contribution in [3.05, 3.63) is 34.8 Å². The zero-order valence-electron chi connectivity index (χ0n) is 15.4. The first kappa shape index (κ1) is 18.9. The number of likely N-dealkylation sites (N-methyl/N-ethyl adjacent to an activating group) is 1. The summed E-state index contributed by atoms with van der Waals surface area (Å²) in [6.45, 7) is 8.51. The van der Waals surface area contributed by atoms with Crippen LogP contribution in [-0.2, 0) is 4.74 Å². The second kappa shape index (κ2) is 7.65. The van der Waals surface area contributed by atoms with E-state index in [1.165, 1.54) is 7.11 Å². The SMILES string of the molecule is C=C1CC2C(OC)N(C)c3cc(N=O)c(OC)cc3C(=O)N2C1.CC. The van der Waals surface area contributed by atoms with Crippen LogP contribution in [0.5, 0.6) is 5.75 Å². The lowest BCUT2D eigenvalue weighted by atomic mass is 10.1. The van der Waals surface area contributed by atoms with E-state index in [4.69, 9.17) is 9.47 Å².